The van der Waals surface area contributed by atoms with Crippen LogP contribution in [-0.4, -0.2) is 15.6 Å². The van der Waals surface area contributed by atoms with Gasteiger partial charge in [0, 0.05) is 11.0 Å². The summed E-state index contributed by atoms with van der Waals surface area (Å²) in [6, 6.07) is 0. The molecule has 1 heterocycles. The summed E-state index contributed by atoms with van der Waals surface area (Å²) >= 11 is 0.952. The fourth-order valence-electron chi connectivity index (χ4n) is 0.759. The lowest BCUT2D eigenvalue weighted by Gasteiger charge is -2.04. The second kappa shape index (κ2) is 4.59. The molecule has 0 aromatic carbocycles. The SMILES string of the molecule is CC(CC1=CSSC1)SO. The first-order chi connectivity index (χ1) is 4.83. The zero-order valence-corrected chi connectivity index (χ0v) is 8.19. The molecule has 0 amide bonds. The van der Waals surface area contributed by atoms with Crippen molar-refractivity contribution in [2.24, 2.45) is 0 Å². The van der Waals surface area contributed by atoms with Crippen LogP contribution in [0, 0.1) is 0 Å². The van der Waals surface area contributed by atoms with Crippen LogP contribution < -0.4 is 0 Å². The third-order valence-electron chi connectivity index (χ3n) is 1.26. The summed E-state index contributed by atoms with van der Waals surface area (Å²) < 4.78 is 8.67. The Kier molecular flexibility index (Phi) is 4.06. The molecule has 10 heavy (non-hydrogen) atoms. The highest BCUT2D eigenvalue weighted by Gasteiger charge is 2.09. The monoisotopic (exact) mass is 194 g/mol. The zero-order chi connectivity index (χ0) is 7.40. The summed E-state index contributed by atoms with van der Waals surface area (Å²) in [7, 11) is 3.67. The molecule has 0 aromatic heterocycles. The highest BCUT2D eigenvalue weighted by Crippen LogP contribution is 2.36. The van der Waals surface area contributed by atoms with Gasteiger partial charge in [-0.15, -0.1) is 0 Å². The van der Waals surface area contributed by atoms with Crippen LogP contribution in [0.25, 0.3) is 0 Å². The van der Waals surface area contributed by atoms with E-state index < -0.39 is 0 Å². The van der Waals surface area contributed by atoms with Gasteiger partial charge in [-0.25, -0.2) is 0 Å². The molecule has 0 fully saturated rings. The fourth-order valence-corrected chi connectivity index (χ4v) is 3.23. The van der Waals surface area contributed by atoms with E-state index in [-0.39, 0.29) is 0 Å². The minimum Gasteiger partial charge on any atom is -0.330 e. The second-order valence-electron chi connectivity index (χ2n) is 2.25. The molecule has 0 saturated carbocycles. The largest absolute Gasteiger partial charge is 0.330 e. The highest BCUT2D eigenvalue weighted by molar-refractivity contribution is 8.78. The minimum atomic E-state index is 0.352. The van der Waals surface area contributed by atoms with Crippen molar-refractivity contribution >= 4 is 33.6 Å². The number of hydrogen-bond acceptors (Lipinski definition) is 4. The van der Waals surface area contributed by atoms with Crippen LogP contribution in [0.5, 0.6) is 0 Å². The Morgan fingerprint density at radius 1 is 1.90 bits per heavy atom. The van der Waals surface area contributed by atoms with Gasteiger partial charge in [0.05, 0.1) is 0 Å². The van der Waals surface area contributed by atoms with E-state index in [9.17, 15) is 0 Å². The quantitative estimate of drug-likeness (QED) is 0.549. The third-order valence-corrected chi connectivity index (χ3v) is 3.89. The Balaban J connectivity index is 2.23. The molecule has 0 saturated heterocycles. The van der Waals surface area contributed by atoms with E-state index in [1.807, 2.05) is 17.7 Å². The van der Waals surface area contributed by atoms with Crippen LogP contribution >= 0.6 is 33.6 Å². The van der Waals surface area contributed by atoms with Gasteiger partial charge in [-0.2, -0.15) is 0 Å². The lowest BCUT2D eigenvalue weighted by Crippen LogP contribution is -1.97. The van der Waals surface area contributed by atoms with Crippen LogP contribution in [0.3, 0.4) is 0 Å². The standard InChI is InChI=1S/C6H10OS3/c1-5(10-7)2-6-3-8-9-4-6/h3,5,7H,2,4H2,1H3. The first kappa shape index (κ1) is 8.84. The van der Waals surface area contributed by atoms with Gasteiger partial charge in [-0.05, 0) is 23.9 Å². The Morgan fingerprint density at radius 2 is 2.70 bits per heavy atom. The molecular weight excluding hydrogens is 184 g/mol. The minimum absolute atomic E-state index is 0.352. The van der Waals surface area contributed by atoms with Crippen molar-refractivity contribution in [2.75, 3.05) is 5.75 Å². The molecule has 1 aliphatic heterocycles. The van der Waals surface area contributed by atoms with Gasteiger partial charge >= 0.3 is 0 Å². The summed E-state index contributed by atoms with van der Waals surface area (Å²) in [6.45, 7) is 2.04. The average Bonchev–Trinajstić information content (AvgIpc) is 2.40. The third kappa shape index (κ3) is 2.78. The van der Waals surface area contributed by atoms with Crippen LogP contribution in [0.4, 0.5) is 0 Å². The predicted molar refractivity (Wildman–Crippen MR) is 52.4 cm³/mol. The molecule has 1 nitrogen and oxygen atoms in total. The summed E-state index contributed by atoms with van der Waals surface area (Å²) in [4.78, 5) is 0. The van der Waals surface area contributed by atoms with E-state index in [0.717, 1.165) is 24.2 Å². The van der Waals surface area contributed by atoms with E-state index in [1.165, 1.54) is 5.57 Å². The highest BCUT2D eigenvalue weighted by atomic mass is 33.1. The van der Waals surface area contributed by atoms with E-state index in [4.69, 9.17) is 4.55 Å². The molecule has 0 spiro atoms. The Bertz CT molecular complexity index is 135. The first-order valence-electron chi connectivity index (χ1n) is 3.09. The lowest BCUT2D eigenvalue weighted by atomic mass is 10.2. The van der Waals surface area contributed by atoms with E-state index in [1.54, 1.807) is 10.8 Å². The summed E-state index contributed by atoms with van der Waals surface area (Å²) in [6.07, 6.45) is 1.03. The van der Waals surface area contributed by atoms with Crippen LogP contribution in [0.15, 0.2) is 11.0 Å². The molecule has 0 bridgehead atoms. The maximum Gasteiger partial charge on any atom is 0.0318 e. The zero-order valence-electron chi connectivity index (χ0n) is 5.74. The summed E-state index contributed by atoms with van der Waals surface area (Å²) in [5, 5.41) is 2.54. The Hall–Kier alpha value is 0.750. The predicted octanol–water partition coefficient (Wildman–Crippen LogP) is 3.25. The smallest absolute Gasteiger partial charge is 0.0318 e. The average molecular weight is 194 g/mol. The molecule has 0 aliphatic carbocycles. The van der Waals surface area contributed by atoms with E-state index in [2.05, 4.69) is 5.41 Å². The second-order valence-corrected chi connectivity index (χ2v) is 5.51. The lowest BCUT2D eigenvalue weighted by molar-refractivity contribution is 0.649. The first-order valence-corrected chi connectivity index (χ1v) is 6.31. The Morgan fingerprint density at radius 3 is 3.20 bits per heavy atom. The van der Waals surface area contributed by atoms with Crippen molar-refractivity contribution in [1.29, 1.82) is 0 Å². The maximum atomic E-state index is 8.67. The number of hydrogen-bond donors (Lipinski definition) is 1. The topological polar surface area (TPSA) is 20.2 Å². The molecule has 0 aromatic rings. The molecule has 1 rings (SSSR count). The van der Waals surface area contributed by atoms with Crippen LogP contribution in [0.2, 0.25) is 0 Å². The number of rotatable bonds is 3. The van der Waals surface area contributed by atoms with Crippen LogP contribution in [-0.2, 0) is 0 Å². The van der Waals surface area contributed by atoms with Crippen molar-refractivity contribution in [3.05, 3.63) is 11.0 Å². The van der Waals surface area contributed by atoms with Crippen LogP contribution in [0.1, 0.15) is 13.3 Å². The molecule has 4 heteroatoms. The summed E-state index contributed by atoms with van der Waals surface area (Å²) in [5.74, 6) is 1.13. The van der Waals surface area contributed by atoms with Gasteiger partial charge in [0.1, 0.15) is 0 Å². The van der Waals surface area contributed by atoms with Crippen molar-refractivity contribution in [1.82, 2.24) is 0 Å². The van der Waals surface area contributed by atoms with Gasteiger partial charge in [0.2, 0.25) is 0 Å². The van der Waals surface area contributed by atoms with Crippen molar-refractivity contribution in [2.45, 2.75) is 18.6 Å². The van der Waals surface area contributed by atoms with Gasteiger partial charge in [-0.3, -0.25) is 0 Å². The van der Waals surface area contributed by atoms with Gasteiger partial charge < -0.3 is 4.55 Å². The van der Waals surface area contributed by atoms with Crippen molar-refractivity contribution in [3.8, 4) is 0 Å². The molecule has 1 N–H and O–H groups in total. The molecule has 1 aliphatic rings. The fraction of sp³-hybridized carbons (Fsp3) is 0.667. The van der Waals surface area contributed by atoms with Crippen molar-refractivity contribution in [3.63, 3.8) is 0 Å². The van der Waals surface area contributed by atoms with Crippen molar-refractivity contribution < 1.29 is 4.55 Å². The van der Waals surface area contributed by atoms with Gasteiger partial charge in [0.15, 0.2) is 0 Å². The molecule has 1 atom stereocenters. The normalized spacial score (nSPS) is 20.8. The van der Waals surface area contributed by atoms with Gasteiger partial charge in [0.25, 0.3) is 0 Å². The molecular formula is C6H10OS3. The summed E-state index contributed by atoms with van der Waals surface area (Å²) in [5.41, 5.74) is 1.46. The molecule has 58 valence electrons. The maximum absolute atomic E-state index is 8.67. The Labute approximate surface area is 73.6 Å². The molecule has 0 radical (unpaired) electrons. The van der Waals surface area contributed by atoms with E-state index in [0.29, 0.717) is 5.25 Å². The molecule has 1 unspecified atom stereocenters. The van der Waals surface area contributed by atoms with E-state index >= 15 is 0 Å². The van der Waals surface area contributed by atoms with Gasteiger partial charge in [-0.1, -0.05) is 34.1 Å².